The van der Waals surface area contributed by atoms with E-state index in [2.05, 4.69) is 5.10 Å². The highest BCUT2D eigenvalue weighted by molar-refractivity contribution is 7.07. The van der Waals surface area contributed by atoms with Gasteiger partial charge in [-0.2, -0.15) is 5.10 Å². The van der Waals surface area contributed by atoms with E-state index >= 15 is 0 Å². The number of para-hydroxylation sites is 1. The van der Waals surface area contributed by atoms with Gasteiger partial charge in [-0.15, -0.1) is 11.3 Å². The maximum absolute atomic E-state index is 10.2. The summed E-state index contributed by atoms with van der Waals surface area (Å²) in [6.45, 7) is 4.01. The van der Waals surface area contributed by atoms with E-state index in [9.17, 15) is 15.3 Å². The smallest absolute Gasteiger partial charge is 0.211 e. The number of nitrogens with zero attached hydrogens (tertiary/aromatic N) is 3. The minimum atomic E-state index is -0.600. The van der Waals surface area contributed by atoms with E-state index in [1.54, 1.807) is 4.68 Å². The number of hydrogen-bond acceptors (Lipinski definition) is 7. The molecule has 0 atom stereocenters. The van der Waals surface area contributed by atoms with Gasteiger partial charge in [-0.3, -0.25) is 0 Å². The summed E-state index contributed by atoms with van der Waals surface area (Å²) < 4.78 is 7.69. The summed E-state index contributed by atoms with van der Waals surface area (Å²) in [6, 6.07) is 18.5. The zero-order chi connectivity index (χ0) is 23.8. The second-order valence-corrected chi connectivity index (χ2v) is 8.72. The fraction of sp³-hybridized carbons (Fsp3) is 0.0769. The molecule has 8 heteroatoms. The summed E-state index contributed by atoms with van der Waals surface area (Å²) in [7, 11) is 0. The summed E-state index contributed by atoms with van der Waals surface area (Å²) >= 11 is 1.41. The Balaban J connectivity index is 1.70. The molecule has 170 valence electrons. The SMILES string of the molecule is Cc1ccc(C)c(N=c2scc(-c3cc4ccccc4o3)n2N=Cc2ccc(O)c(O)c2O)c1. The van der Waals surface area contributed by atoms with Crippen molar-refractivity contribution in [3.8, 4) is 28.7 Å². The molecule has 0 unspecified atom stereocenters. The highest BCUT2D eigenvalue weighted by Crippen LogP contribution is 2.36. The normalized spacial score (nSPS) is 12.2. The van der Waals surface area contributed by atoms with E-state index in [-0.39, 0.29) is 5.56 Å². The van der Waals surface area contributed by atoms with Crippen LogP contribution in [0.15, 0.2) is 80.6 Å². The molecule has 2 heterocycles. The standard InChI is InChI=1S/C26H21N3O4S/c1-15-7-8-16(2)19(11-15)28-26-29(27-13-18-9-10-21(30)25(32)24(18)31)20(14-34-26)23-12-17-5-3-4-6-22(17)33-23/h3-14,30-32H,1-2H3. The van der Waals surface area contributed by atoms with E-state index in [4.69, 9.17) is 9.41 Å². The van der Waals surface area contributed by atoms with Crippen LogP contribution >= 0.6 is 11.3 Å². The van der Waals surface area contributed by atoms with E-state index in [1.807, 2.05) is 67.8 Å². The number of aromatic nitrogens is 1. The summed E-state index contributed by atoms with van der Waals surface area (Å²) in [6.07, 6.45) is 1.40. The number of thiazole rings is 1. The van der Waals surface area contributed by atoms with E-state index in [1.165, 1.54) is 29.7 Å². The minimum Gasteiger partial charge on any atom is -0.504 e. The maximum Gasteiger partial charge on any atom is 0.211 e. The number of benzene rings is 3. The van der Waals surface area contributed by atoms with Gasteiger partial charge >= 0.3 is 0 Å². The Hall–Kier alpha value is -4.30. The lowest BCUT2D eigenvalue weighted by molar-refractivity contribution is 0.367. The van der Waals surface area contributed by atoms with Crippen molar-refractivity contribution in [2.45, 2.75) is 13.8 Å². The lowest BCUT2D eigenvalue weighted by atomic mass is 10.1. The Bertz CT molecular complexity index is 1590. The largest absolute Gasteiger partial charge is 0.504 e. The Labute approximate surface area is 198 Å². The number of aromatic hydroxyl groups is 3. The summed E-state index contributed by atoms with van der Waals surface area (Å²) in [5, 5.41) is 37.1. The van der Waals surface area contributed by atoms with Gasteiger partial charge in [0.2, 0.25) is 10.6 Å². The number of rotatable bonds is 4. The number of hydrogen-bond donors (Lipinski definition) is 3. The maximum atomic E-state index is 10.2. The van der Waals surface area contributed by atoms with Crippen LogP contribution in [0, 0.1) is 13.8 Å². The number of furan rings is 1. The van der Waals surface area contributed by atoms with Crippen LogP contribution in [0.5, 0.6) is 17.2 Å². The molecule has 0 aliphatic heterocycles. The van der Waals surface area contributed by atoms with Crippen LogP contribution < -0.4 is 4.80 Å². The molecule has 0 amide bonds. The third-order valence-electron chi connectivity index (χ3n) is 5.42. The van der Waals surface area contributed by atoms with Gasteiger partial charge in [0, 0.05) is 16.3 Å². The van der Waals surface area contributed by atoms with Crippen LogP contribution in [-0.2, 0) is 0 Å². The summed E-state index contributed by atoms with van der Waals surface area (Å²) in [5.74, 6) is -0.851. The Morgan fingerprint density at radius 1 is 0.941 bits per heavy atom. The average molecular weight is 472 g/mol. The molecule has 0 aliphatic rings. The lowest BCUT2D eigenvalue weighted by Gasteiger charge is -2.05. The molecule has 0 aliphatic carbocycles. The van der Waals surface area contributed by atoms with Crippen LogP contribution in [0.3, 0.4) is 0 Å². The molecule has 0 radical (unpaired) electrons. The summed E-state index contributed by atoms with van der Waals surface area (Å²) in [4.78, 5) is 5.44. The summed E-state index contributed by atoms with van der Waals surface area (Å²) in [5.41, 5.74) is 4.63. The fourth-order valence-electron chi connectivity index (χ4n) is 3.52. The molecule has 5 aromatic rings. The predicted octanol–water partition coefficient (Wildman–Crippen LogP) is 5.81. The number of fused-ring (bicyclic) bond motifs is 1. The molecule has 3 aromatic carbocycles. The van der Waals surface area contributed by atoms with Crippen LogP contribution in [0.4, 0.5) is 5.69 Å². The Morgan fingerprint density at radius 3 is 2.59 bits per heavy atom. The van der Waals surface area contributed by atoms with Crippen LogP contribution in [0.2, 0.25) is 0 Å². The van der Waals surface area contributed by atoms with Gasteiger partial charge in [0.25, 0.3) is 0 Å². The van der Waals surface area contributed by atoms with Gasteiger partial charge in [-0.1, -0.05) is 30.3 Å². The third kappa shape index (κ3) is 3.95. The first-order chi connectivity index (χ1) is 16.4. The molecule has 34 heavy (non-hydrogen) atoms. The van der Waals surface area contributed by atoms with Gasteiger partial charge in [-0.05, 0) is 55.3 Å². The zero-order valence-electron chi connectivity index (χ0n) is 18.4. The third-order valence-corrected chi connectivity index (χ3v) is 6.23. The molecule has 0 spiro atoms. The Kier molecular flexibility index (Phi) is 5.43. The minimum absolute atomic E-state index is 0.238. The van der Waals surface area contributed by atoms with Gasteiger partial charge in [0.1, 0.15) is 11.3 Å². The average Bonchev–Trinajstić information content (AvgIpc) is 3.43. The first-order valence-corrected chi connectivity index (χ1v) is 11.4. The first-order valence-electron chi connectivity index (χ1n) is 10.5. The molecular weight excluding hydrogens is 450 g/mol. The molecule has 0 saturated heterocycles. The van der Waals surface area contributed by atoms with E-state index in [0.717, 1.165) is 27.8 Å². The van der Waals surface area contributed by atoms with Crippen LogP contribution in [0.1, 0.15) is 16.7 Å². The highest BCUT2D eigenvalue weighted by atomic mass is 32.1. The van der Waals surface area contributed by atoms with Crippen molar-refractivity contribution in [1.29, 1.82) is 0 Å². The predicted molar refractivity (Wildman–Crippen MR) is 133 cm³/mol. The fourth-order valence-corrected chi connectivity index (χ4v) is 4.35. The second-order valence-electron chi connectivity index (χ2n) is 7.88. The van der Waals surface area contributed by atoms with Gasteiger partial charge < -0.3 is 19.7 Å². The quantitative estimate of drug-likeness (QED) is 0.227. The molecule has 5 rings (SSSR count). The lowest BCUT2D eigenvalue weighted by Crippen LogP contribution is -2.11. The van der Waals surface area contributed by atoms with Gasteiger partial charge in [0.15, 0.2) is 17.3 Å². The van der Waals surface area contributed by atoms with E-state index in [0.29, 0.717) is 16.3 Å². The first kappa shape index (κ1) is 21.5. The number of phenolic OH excluding ortho intramolecular Hbond substituents is 3. The van der Waals surface area contributed by atoms with Crippen LogP contribution in [0.25, 0.3) is 22.4 Å². The molecular formula is C26H21N3O4S. The van der Waals surface area contributed by atoms with Crippen molar-refractivity contribution < 1.29 is 19.7 Å². The van der Waals surface area contributed by atoms with Crippen molar-refractivity contribution in [3.63, 3.8) is 0 Å². The number of phenols is 3. The molecule has 0 bridgehead atoms. The molecule has 0 saturated carbocycles. The highest BCUT2D eigenvalue weighted by Gasteiger charge is 2.14. The Morgan fingerprint density at radius 2 is 1.76 bits per heavy atom. The molecule has 0 fully saturated rings. The van der Waals surface area contributed by atoms with Crippen molar-refractivity contribution in [2.24, 2.45) is 10.1 Å². The van der Waals surface area contributed by atoms with Crippen LogP contribution in [-0.4, -0.2) is 26.2 Å². The second kappa shape index (κ2) is 8.57. The van der Waals surface area contributed by atoms with Crippen molar-refractivity contribution in [1.82, 2.24) is 4.68 Å². The zero-order valence-corrected chi connectivity index (χ0v) is 19.2. The topological polar surface area (TPSA) is 103 Å². The van der Waals surface area contributed by atoms with Gasteiger partial charge in [-0.25, -0.2) is 9.67 Å². The van der Waals surface area contributed by atoms with Crippen molar-refractivity contribution in [3.05, 3.63) is 87.5 Å². The molecule has 3 N–H and O–H groups in total. The molecule has 2 aromatic heterocycles. The van der Waals surface area contributed by atoms with Crippen molar-refractivity contribution in [2.75, 3.05) is 0 Å². The number of aryl methyl sites for hydroxylation is 2. The monoisotopic (exact) mass is 471 g/mol. The van der Waals surface area contributed by atoms with Gasteiger partial charge in [0.05, 0.1) is 11.9 Å². The van der Waals surface area contributed by atoms with E-state index < -0.39 is 17.2 Å². The van der Waals surface area contributed by atoms with Crippen molar-refractivity contribution >= 4 is 34.2 Å². The molecule has 7 nitrogen and oxygen atoms in total.